The molecule has 2 N–H and O–H groups in total. The fourth-order valence-corrected chi connectivity index (χ4v) is 2.68. The summed E-state index contributed by atoms with van der Waals surface area (Å²) in [5, 5.41) is 2.96. The van der Waals surface area contributed by atoms with E-state index < -0.39 is 17.5 Å². The molecule has 4 heterocycles. The zero-order chi connectivity index (χ0) is 19.7. The molecule has 11 nitrogen and oxygen atoms in total. The molecular weight excluding hydrogens is 369 g/mol. The molecule has 142 valence electrons. The number of hydrogen-bond acceptors (Lipinski definition) is 9. The van der Waals surface area contributed by atoms with Crippen LogP contribution in [0.3, 0.4) is 0 Å². The van der Waals surface area contributed by atoms with Crippen molar-refractivity contribution in [1.82, 2.24) is 39.5 Å². The summed E-state index contributed by atoms with van der Waals surface area (Å²) < 4.78 is 19.6. The fourth-order valence-electron chi connectivity index (χ4n) is 2.68. The van der Waals surface area contributed by atoms with E-state index in [1.165, 1.54) is 30.4 Å². The number of hydrogen-bond donors (Lipinski definition) is 2. The fraction of sp³-hybridized carbons (Fsp3) is 0.188. The van der Waals surface area contributed by atoms with E-state index in [1.54, 1.807) is 6.92 Å². The van der Waals surface area contributed by atoms with Crippen LogP contribution in [-0.4, -0.2) is 46.6 Å². The number of nitrogens with one attached hydrogen (secondary N) is 2. The molecule has 0 saturated heterocycles. The SMILES string of the molecule is COc1ncncc1Nc1ncc2[nH]c(=O)n(C(C)c3ncc(F)cn3)c2n1. The Kier molecular flexibility index (Phi) is 4.35. The van der Waals surface area contributed by atoms with Crippen molar-refractivity contribution in [2.75, 3.05) is 12.4 Å². The number of halogens is 1. The van der Waals surface area contributed by atoms with Crippen molar-refractivity contribution >= 4 is 22.8 Å². The molecule has 0 bridgehead atoms. The summed E-state index contributed by atoms with van der Waals surface area (Å²) in [5.41, 5.74) is 0.811. The first-order valence-corrected chi connectivity index (χ1v) is 8.12. The van der Waals surface area contributed by atoms with Crippen LogP contribution in [0.15, 0.2) is 35.9 Å². The van der Waals surface area contributed by atoms with Gasteiger partial charge in [-0.1, -0.05) is 0 Å². The normalized spacial score (nSPS) is 12.1. The first kappa shape index (κ1) is 17.5. The monoisotopic (exact) mass is 383 g/mol. The summed E-state index contributed by atoms with van der Waals surface area (Å²) in [6, 6.07) is -0.584. The Morgan fingerprint density at radius 3 is 2.71 bits per heavy atom. The van der Waals surface area contributed by atoms with Crippen molar-refractivity contribution in [2.24, 2.45) is 0 Å². The molecule has 0 radical (unpaired) electrons. The second-order valence-corrected chi connectivity index (χ2v) is 5.74. The van der Waals surface area contributed by atoms with E-state index in [9.17, 15) is 9.18 Å². The Morgan fingerprint density at radius 2 is 1.96 bits per heavy atom. The van der Waals surface area contributed by atoms with Crippen LogP contribution in [0.1, 0.15) is 18.8 Å². The number of aromatic amines is 1. The highest BCUT2D eigenvalue weighted by atomic mass is 19.1. The molecule has 4 aromatic rings. The lowest BCUT2D eigenvalue weighted by atomic mass is 10.3. The molecule has 0 spiro atoms. The van der Waals surface area contributed by atoms with Gasteiger partial charge in [-0.25, -0.2) is 29.1 Å². The van der Waals surface area contributed by atoms with Crippen molar-refractivity contribution < 1.29 is 9.13 Å². The highest BCUT2D eigenvalue weighted by molar-refractivity contribution is 5.72. The van der Waals surface area contributed by atoms with Gasteiger partial charge in [0.15, 0.2) is 17.3 Å². The van der Waals surface area contributed by atoms with Gasteiger partial charge in [0.25, 0.3) is 0 Å². The minimum absolute atomic E-state index is 0.209. The van der Waals surface area contributed by atoms with Crippen LogP contribution in [0.5, 0.6) is 5.88 Å². The van der Waals surface area contributed by atoms with Gasteiger partial charge in [-0.3, -0.25) is 4.57 Å². The van der Waals surface area contributed by atoms with Crippen LogP contribution in [0.25, 0.3) is 11.2 Å². The Balaban J connectivity index is 1.76. The van der Waals surface area contributed by atoms with Crippen LogP contribution in [0, 0.1) is 5.82 Å². The van der Waals surface area contributed by atoms with Crippen LogP contribution in [0.2, 0.25) is 0 Å². The third kappa shape index (κ3) is 3.11. The molecule has 4 aromatic heterocycles. The van der Waals surface area contributed by atoms with Crippen LogP contribution in [0.4, 0.5) is 16.0 Å². The Morgan fingerprint density at radius 1 is 1.18 bits per heavy atom. The Labute approximate surface area is 156 Å². The summed E-state index contributed by atoms with van der Waals surface area (Å²) in [7, 11) is 1.48. The summed E-state index contributed by atoms with van der Waals surface area (Å²) in [5.74, 6) is 0.240. The average molecular weight is 383 g/mol. The molecule has 1 atom stereocenters. The number of nitrogens with zero attached hydrogens (tertiary/aromatic N) is 7. The maximum atomic E-state index is 13.1. The summed E-state index contributed by atoms with van der Waals surface area (Å²) in [4.78, 5) is 39.5. The minimum Gasteiger partial charge on any atom is -0.479 e. The van der Waals surface area contributed by atoms with Crippen molar-refractivity contribution in [2.45, 2.75) is 13.0 Å². The van der Waals surface area contributed by atoms with Gasteiger partial charge >= 0.3 is 5.69 Å². The van der Waals surface area contributed by atoms with E-state index in [2.05, 4.69) is 40.2 Å². The molecule has 28 heavy (non-hydrogen) atoms. The lowest BCUT2D eigenvalue weighted by molar-refractivity contribution is 0.399. The van der Waals surface area contributed by atoms with Gasteiger partial charge in [0.05, 0.1) is 37.9 Å². The van der Waals surface area contributed by atoms with E-state index in [4.69, 9.17) is 4.74 Å². The third-order valence-electron chi connectivity index (χ3n) is 3.97. The Bertz CT molecular complexity index is 1190. The Hall–Kier alpha value is -3.96. The molecule has 0 saturated carbocycles. The van der Waals surface area contributed by atoms with Gasteiger partial charge in [0.1, 0.15) is 17.5 Å². The van der Waals surface area contributed by atoms with E-state index in [0.717, 1.165) is 12.4 Å². The van der Waals surface area contributed by atoms with Crippen LogP contribution in [-0.2, 0) is 0 Å². The standard InChI is InChI=1S/C16H14FN9O2/c1-8(12-19-3-9(17)4-20-12)26-13-10(24-16(26)27)6-21-15(25-13)23-11-5-18-7-22-14(11)28-2/h3-8H,1-2H3,(H,24,27)(H,21,23,25). The molecule has 0 aromatic carbocycles. The number of rotatable bonds is 5. The number of H-pyrrole nitrogens is 1. The van der Waals surface area contributed by atoms with Crippen molar-refractivity contribution in [3.63, 3.8) is 0 Å². The van der Waals surface area contributed by atoms with E-state index in [1.807, 2.05) is 0 Å². The second kappa shape index (κ2) is 6.98. The second-order valence-electron chi connectivity index (χ2n) is 5.74. The number of fused-ring (bicyclic) bond motifs is 1. The number of aromatic nitrogens is 8. The van der Waals surface area contributed by atoms with E-state index in [0.29, 0.717) is 22.7 Å². The predicted molar refractivity (Wildman–Crippen MR) is 95.8 cm³/mol. The average Bonchev–Trinajstić information content (AvgIpc) is 3.03. The number of methoxy groups -OCH3 is 1. The lowest BCUT2D eigenvalue weighted by Crippen LogP contribution is -2.23. The number of anilines is 2. The molecule has 0 fully saturated rings. The summed E-state index contributed by atoms with van der Waals surface area (Å²) in [6.07, 6.45) is 6.42. The largest absolute Gasteiger partial charge is 0.479 e. The highest BCUT2D eigenvalue weighted by Gasteiger charge is 2.19. The summed E-state index contributed by atoms with van der Waals surface area (Å²) in [6.45, 7) is 1.71. The van der Waals surface area contributed by atoms with Gasteiger partial charge in [-0.15, -0.1) is 0 Å². The van der Waals surface area contributed by atoms with Gasteiger partial charge < -0.3 is 15.0 Å². The van der Waals surface area contributed by atoms with Crippen molar-refractivity contribution in [3.8, 4) is 5.88 Å². The minimum atomic E-state index is -0.584. The van der Waals surface area contributed by atoms with Gasteiger partial charge in [0, 0.05) is 0 Å². The first-order chi connectivity index (χ1) is 13.6. The quantitative estimate of drug-likeness (QED) is 0.521. The topological polar surface area (TPSA) is 136 Å². The van der Waals surface area contributed by atoms with Crippen molar-refractivity contribution in [1.29, 1.82) is 0 Å². The highest BCUT2D eigenvalue weighted by Crippen LogP contribution is 2.23. The van der Waals surface area contributed by atoms with E-state index in [-0.39, 0.29) is 11.8 Å². The molecule has 0 aliphatic heterocycles. The summed E-state index contributed by atoms with van der Waals surface area (Å²) >= 11 is 0. The van der Waals surface area contributed by atoms with Crippen molar-refractivity contribution in [3.05, 3.63) is 53.2 Å². The van der Waals surface area contributed by atoms with Gasteiger partial charge in [-0.2, -0.15) is 9.97 Å². The number of imidazole rings is 1. The maximum Gasteiger partial charge on any atom is 0.328 e. The number of ether oxygens (including phenoxy) is 1. The van der Waals surface area contributed by atoms with Gasteiger partial charge in [0.2, 0.25) is 11.8 Å². The molecule has 1 unspecified atom stereocenters. The van der Waals surface area contributed by atoms with Gasteiger partial charge in [-0.05, 0) is 6.92 Å². The zero-order valence-corrected chi connectivity index (χ0v) is 14.8. The predicted octanol–water partition coefficient (Wildman–Crippen LogP) is 1.20. The zero-order valence-electron chi connectivity index (χ0n) is 14.8. The molecule has 0 aliphatic rings. The molecule has 0 amide bonds. The maximum absolute atomic E-state index is 13.1. The molecular formula is C16H14FN9O2. The van der Waals surface area contributed by atoms with Crippen LogP contribution >= 0.6 is 0 Å². The molecule has 4 rings (SSSR count). The smallest absolute Gasteiger partial charge is 0.328 e. The molecule has 0 aliphatic carbocycles. The lowest BCUT2D eigenvalue weighted by Gasteiger charge is -2.12. The van der Waals surface area contributed by atoms with Crippen LogP contribution < -0.4 is 15.7 Å². The van der Waals surface area contributed by atoms with E-state index >= 15 is 0 Å². The molecule has 12 heteroatoms. The third-order valence-corrected chi connectivity index (χ3v) is 3.97. The first-order valence-electron chi connectivity index (χ1n) is 8.12.